The topological polar surface area (TPSA) is 46.9 Å². The van der Waals surface area contributed by atoms with Crippen LogP contribution in [0.3, 0.4) is 0 Å². The summed E-state index contributed by atoms with van der Waals surface area (Å²) in [5, 5.41) is 6.86. The smallest absolute Gasteiger partial charge is 0.226 e. The van der Waals surface area contributed by atoms with Gasteiger partial charge in [0.2, 0.25) is 5.91 Å². The van der Waals surface area contributed by atoms with Gasteiger partial charge in [-0.25, -0.2) is 4.39 Å². The van der Waals surface area contributed by atoms with Crippen LogP contribution in [0.2, 0.25) is 0 Å². The van der Waals surface area contributed by atoms with Crippen LogP contribution in [-0.4, -0.2) is 15.7 Å². The van der Waals surface area contributed by atoms with Crippen LogP contribution >= 0.6 is 22.6 Å². The van der Waals surface area contributed by atoms with Crippen molar-refractivity contribution in [3.8, 4) is 0 Å². The molecule has 1 aromatic heterocycles. The van der Waals surface area contributed by atoms with Crippen LogP contribution in [0, 0.1) is 23.2 Å². The minimum atomic E-state index is -0.423. The van der Waals surface area contributed by atoms with Gasteiger partial charge in [-0.05, 0) is 54.1 Å². The van der Waals surface area contributed by atoms with E-state index in [1.54, 1.807) is 16.8 Å². The van der Waals surface area contributed by atoms with E-state index in [0.717, 1.165) is 14.8 Å². The third kappa shape index (κ3) is 3.78. The fraction of sp³-hybridized carbons (Fsp3) is 0.286. The van der Waals surface area contributed by atoms with Gasteiger partial charge in [0.05, 0.1) is 15.0 Å². The van der Waals surface area contributed by atoms with Gasteiger partial charge in [0.15, 0.2) is 0 Å². The summed E-state index contributed by atoms with van der Waals surface area (Å²) in [4.78, 5) is 11.8. The molecule has 0 saturated heterocycles. The molecule has 0 aliphatic rings. The lowest BCUT2D eigenvalue weighted by molar-refractivity contribution is -0.116. The number of benzene rings is 1. The summed E-state index contributed by atoms with van der Waals surface area (Å²) >= 11 is 2.20. The van der Waals surface area contributed by atoms with E-state index in [1.165, 1.54) is 6.07 Å². The summed E-state index contributed by atoms with van der Waals surface area (Å²) in [7, 11) is 0. The van der Waals surface area contributed by atoms with Gasteiger partial charge in [-0.2, -0.15) is 5.10 Å². The zero-order valence-corrected chi connectivity index (χ0v) is 13.4. The van der Waals surface area contributed by atoms with Crippen molar-refractivity contribution in [2.75, 3.05) is 5.32 Å². The molecule has 1 N–H and O–H groups in total. The fourth-order valence-electron chi connectivity index (χ4n) is 1.77. The number of aromatic nitrogens is 2. The average molecular weight is 387 g/mol. The Kier molecular flexibility index (Phi) is 4.74. The highest BCUT2D eigenvalue weighted by Crippen LogP contribution is 2.16. The molecule has 0 aliphatic carbocycles. The Morgan fingerprint density at radius 3 is 2.85 bits per heavy atom. The summed E-state index contributed by atoms with van der Waals surface area (Å²) in [5.74, 6) is -0.647. The largest absolute Gasteiger partial charge is 0.324 e. The van der Waals surface area contributed by atoms with E-state index in [0.29, 0.717) is 6.54 Å². The number of amides is 1. The first-order chi connectivity index (χ1) is 9.45. The Bertz CT molecular complexity index is 620. The maximum atomic E-state index is 13.5. The zero-order valence-electron chi connectivity index (χ0n) is 11.3. The molecule has 2 aromatic rings. The predicted molar refractivity (Wildman–Crippen MR) is 84.1 cm³/mol. The van der Waals surface area contributed by atoms with Gasteiger partial charge >= 0.3 is 0 Å². The molecule has 1 heterocycles. The van der Waals surface area contributed by atoms with Gasteiger partial charge in [0.1, 0.15) is 5.82 Å². The lowest BCUT2D eigenvalue weighted by Gasteiger charge is -2.07. The highest BCUT2D eigenvalue weighted by Gasteiger charge is 2.08. The molecule has 1 aromatic carbocycles. The molecular weight excluding hydrogens is 372 g/mol. The summed E-state index contributed by atoms with van der Waals surface area (Å²) in [6.45, 7) is 4.24. The van der Waals surface area contributed by atoms with Crippen LogP contribution in [-0.2, 0) is 11.3 Å². The second-order valence-electron chi connectivity index (χ2n) is 4.61. The van der Waals surface area contributed by atoms with Crippen LogP contribution in [0.4, 0.5) is 10.1 Å². The summed E-state index contributed by atoms with van der Waals surface area (Å²) in [6, 6.07) is 4.64. The van der Waals surface area contributed by atoms with Crippen LogP contribution in [0.15, 0.2) is 24.4 Å². The second-order valence-corrected chi connectivity index (χ2v) is 5.77. The van der Waals surface area contributed by atoms with E-state index in [-0.39, 0.29) is 18.0 Å². The number of carbonyl (C=O) groups is 1. The molecule has 0 aliphatic heterocycles. The third-order valence-corrected chi connectivity index (χ3v) is 3.91. The number of hydrogen-bond acceptors (Lipinski definition) is 2. The molecule has 0 unspecified atom stereocenters. The number of nitrogens with one attached hydrogen (secondary N) is 1. The summed E-state index contributed by atoms with van der Waals surface area (Å²) in [6.07, 6.45) is 2.14. The molecule has 0 saturated carbocycles. The van der Waals surface area contributed by atoms with Crippen molar-refractivity contribution in [2.24, 2.45) is 0 Å². The Hall–Kier alpha value is -1.44. The van der Waals surface area contributed by atoms with Crippen LogP contribution < -0.4 is 5.32 Å². The van der Waals surface area contributed by atoms with E-state index in [4.69, 9.17) is 0 Å². The number of nitrogens with zero attached hydrogens (tertiary/aromatic N) is 2. The Morgan fingerprint density at radius 1 is 1.45 bits per heavy atom. The van der Waals surface area contributed by atoms with E-state index in [9.17, 15) is 9.18 Å². The number of hydrogen-bond donors (Lipinski definition) is 1. The van der Waals surface area contributed by atoms with Gasteiger partial charge in [0, 0.05) is 19.2 Å². The number of aryl methyl sites for hydroxylation is 3. The maximum Gasteiger partial charge on any atom is 0.226 e. The minimum absolute atomic E-state index is 0.223. The predicted octanol–water partition coefficient (Wildman–Crippen LogP) is 3.27. The molecular formula is C14H15FIN3O. The summed E-state index contributed by atoms with van der Waals surface area (Å²) in [5.41, 5.74) is 2.07. The van der Waals surface area contributed by atoms with E-state index in [2.05, 4.69) is 33.0 Å². The fourth-order valence-corrected chi connectivity index (χ4v) is 2.20. The lowest BCUT2D eigenvalue weighted by atomic mass is 10.2. The van der Waals surface area contributed by atoms with Crippen LogP contribution in [0.25, 0.3) is 0 Å². The minimum Gasteiger partial charge on any atom is -0.324 e. The monoisotopic (exact) mass is 387 g/mol. The van der Waals surface area contributed by atoms with Crippen LogP contribution in [0.5, 0.6) is 0 Å². The number of halogens is 2. The normalized spacial score (nSPS) is 10.6. The molecule has 0 fully saturated rings. The molecule has 0 atom stereocenters. The summed E-state index contributed by atoms with van der Waals surface area (Å²) < 4.78 is 16.3. The SMILES string of the molecule is Cc1ccc(F)c(NC(=O)CCn2cc(I)c(C)n2)c1. The van der Waals surface area contributed by atoms with E-state index < -0.39 is 5.82 Å². The standard InChI is InChI=1S/C14H15FIN3O/c1-9-3-4-11(15)13(7-9)17-14(20)5-6-19-8-12(16)10(2)18-19/h3-4,7-8H,5-6H2,1-2H3,(H,17,20). The van der Waals surface area contributed by atoms with Crippen molar-refractivity contribution in [3.63, 3.8) is 0 Å². The lowest BCUT2D eigenvalue weighted by Crippen LogP contribution is -2.15. The Morgan fingerprint density at radius 2 is 2.20 bits per heavy atom. The molecule has 4 nitrogen and oxygen atoms in total. The molecule has 0 spiro atoms. The molecule has 106 valence electrons. The number of anilines is 1. The third-order valence-electron chi connectivity index (χ3n) is 2.85. The van der Waals surface area contributed by atoms with Crippen molar-refractivity contribution in [1.29, 1.82) is 0 Å². The molecule has 6 heteroatoms. The number of carbonyl (C=O) groups excluding carboxylic acids is 1. The average Bonchev–Trinajstić information content (AvgIpc) is 2.71. The second kappa shape index (κ2) is 6.34. The van der Waals surface area contributed by atoms with Crippen molar-refractivity contribution in [1.82, 2.24) is 9.78 Å². The van der Waals surface area contributed by atoms with Crippen molar-refractivity contribution in [2.45, 2.75) is 26.8 Å². The van der Waals surface area contributed by atoms with Gasteiger partial charge < -0.3 is 5.32 Å². The van der Waals surface area contributed by atoms with Gasteiger partial charge in [-0.15, -0.1) is 0 Å². The van der Waals surface area contributed by atoms with Gasteiger partial charge in [-0.3, -0.25) is 9.48 Å². The maximum absolute atomic E-state index is 13.5. The molecule has 0 radical (unpaired) electrons. The first kappa shape index (κ1) is 15.0. The van der Waals surface area contributed by atoms with Gasteiger partial charge in [-0.1, -0.05) is 6.07 Å². The van der Waals surface area contributed by atoms with Crippen molar-refractivity contribution in [3.05, 3.63) is 45.0 Å². The highest BCUT2D eigenvalue weighted by atomic mass is 127. The Balaban J connectivity index is 1.94. The van der Waals surface area contributed by atoms with E-state index in [1.807, 2.05) is 20.0 Å². The van der Waals surface area contributed by atoms with E-state index >= 15 is 0 Å². The molecule has 1 amide bonds. The Labute approximate surface area is 130 Å². The number of rotatable bonds is 4. The van der Waals surface area contributed by atoms with Crippen molar-refractivity contribution < 1.29 is 9.18 Å². The first-order valence-electron chi connectivity index (χ1n) is 6.21. The van der Waals surface area contributed by atoms with Gasteiger partial charge in [0.25, 0.3) is 0 Å². The molecule has 20 heavy (non-hydrogen) atoms. The first-order valence-corrected chi connectivity index (χ1v) is 7.29. The zero-order chi connectivity index (χ0) is 14.7. The molecule has 0 bridgehead atoms. The highest BCUT2D eigenvalue weighted by molar-refractivity contribution is 14.1. The quantitative estimate of drug-likeness (QED) is 0.819. The van der Waals surface area contributed by atoms with Crippen molar-refractivity contribution >= 4 is 34.2 Å². The molecule has 2 rings (SSSR count). The van der Waals surface area contributed by atoms with Crippen LogP contribution in [0.1, 0.15) is 17.7 Å².